The summed E-state index contributed by atoms with van der Waals surface area (Å²) in [7, 11) is 0. The van der Waals surface area contributed by atoms with E-state index in [0.717, 1.165) is 4.47 Å². The zero-order chi connectivity index (χ0) is 22.0. The van der Waals surface area contributed by atoms with E-state index in [1.54, 1.807) is 45.0 Å². The lowest BCUT2D eigenvalue weighted by molar-refractivity contribution is -0.130. The molecule has 1 aromatic carbocycles. The van der Waals surface area contributed by atoms with Gasteiger partial charge in [0.1, 0.15) is 5.60 Å². The molecule has 0 aliphatic rings. The summed E-state index contributed by atoms with van der Waals surface area (Å²) in [6.45, 7) is 9.54. The first kappa shape index (κ1) is 24.7. The van der Waals surface area contributed by atoms with E-state index in [2.05, 4.69) is 31.9 Å². The second kappa shape index (κ2) is 11.6. The van der Waals surface area contributed by atoms with Crippen LogP contribution in [-0.4, -0.2) is 42.9 Å². The van der Waals surface area contributed by atoms with Crippen LogP contribution in [0.2, 0.25) is 0 Å². The summed E-state index contributed by atoms with van der Waals surface area (Å²) in [5.74, 6) is -0.276. The van der Waals surface area contributed by atoms with E-state index in [1.165, 1.54) is 0 Å². The molecule has 1 aromatic rings. The van der Waals surface area contributed by atoms with Gasteiger partial charge in [0.25, 0.3) is 5.91 Å². The molecule has 0 heterocycles. The average molecular weight is 472 g/mol. The maximum atomic E-state index is 12.4. The van der Waals surface area contributed by atoms with Crippen molar-refractivity contribution in [2.24, 2.45) is 5.92 Å². The Balaban J connectivity index is 2.49. The number of halogens is 1. The number of carbonyl (C=O) groups excluding carboxylic acids is 3. The Morgan fingerprint density at radius 1 is 1.00 bits per heavy atom. The number of anilines is 1. The predicted molar refractivity (Wildman–Crippen MR) is 115 cm³/mol. The standard InChI is InChI=1S/C20H30BrN3O5/c1-13(2)12-16(28-19(27)24-15-8-6-14(21)7-9-15)17(25)22-10-11-23-18(26)29-20(3,4)5/h6-9,13,16H,10-12H2,1-5H3,(H,22,25)(H,23,26)(H,24,27)/t16-/m0/s1. The quantitative estimate of drug-likeness (QED) is 0.495. The van der Waals surface area contributed by atoms with Gasteiger partial charge in [-0.25, -0.2) is 9.59 Å². The molecule has 1 rings (SSSR count). The molecule has 0 radical (unpaired) electrons. The number of hydrogen-bond donors (Lipinski definition) is 3. The van der Waals surface area contributed by atoms with Crippen LogP contribution in [0.4, 0.5) is 15.3 Å². The molecular formula is C20H30BrN3O5. The largest absolute Gasteiger partial charge is 0.444 e. The van der Waals surface area contributed by atoms with Crippen molar-refractivity contribution in [3.63, 3.8) is 0 Å². The highest BCUT2D eigenvalue weighted by atomic mass is 79.9. The number of carbonyl (C=O) groups is 3. The topological polar surface area (TPSA) is 106 Å². The molecule has 1 atom stereocenters. The fourth-order valence-corrected chi connectivity index (χ4v) is 2.49. The SMILES string of the molecule is CC(C)C[C@H](OC(=O)Nc1ccc(Br)cc1)C(=O)NCCNC(=O)OC(C)(C)C. The maximum absolute atomic E-state index is 12.4. The highest BCUT2D eigenvalue weighted by molar-refractivity contribution is 9.10. The normalized spacial score (nSPS) is 12.1. The summed E-state index contributed by atoms with van der Waals surface area (Å²) >= 11 is 3.32. The number of nitrogens with one attached hydrogen (secondary N) is 3. The van der Waals surface area contributed by atoms with Gasteiger partial charge in [0.15, 0.2) is 6.10 Å². The Bertz CT molecular complexity index is 686. The van der Waals surface area contributed by atoms with E-state index in [-0.39, 0.29) is 19.0 Å². The minimum atomic E-state index is -0.938. The molecule has 0 spiro atoms. The van der Waals surface area contributed by atoms with Crippen molar-refractivity contribution in [2.75, 3.05) is 18.4 Å². The van der Waals surface area contributed by atoms with Gasteiger partial charge >= 0.3 is 12.2 Å². The molecule has 8 nitrogen and oxygen atoms in total. The van der Waals surface area contributed by atoms with Crippen LogP contribution in [-0.2, 0) is 14.3 Å². The average Bonchev–Trinajstić information content (AvgIpc) is 2.58. The number of amides is 3. The molecule has 0 bridgehead atoms. The fourth-order valence-electron chi connectivity index (χ4n) is 2.22. The Morgan fingerprint density at radius 2 is 1.59 bits per heavy atom. The minimum Gasteiger partial charge on any atom is -0.444 e. The van der Waals surface area contributed by atoms with Gasteiger partial charge in [0, 0.05) is 23.2 Å². The van der Waals surface area contributed by atoms with Gasteiger partial charge in [-0.3, -0.25) is 10.1 Å². The lowest BCUT2D eigenvalue weighted by atomic mass is 10.1. The Hall–Kier alpha value is -2.29. The van der Waals surface area contributed by atoms with Gasteiger partial charge in [-0.15, -0.1) is 0 Å². The number of alkyl carbamates (subject to hydrolysis) is 1. The molecule has 0 fully saturated rings. The minimum absolute atomic E-state index is 0.145. The van der Waals surface area contributed by atoms with E-state index in [9.17, 15) is 14.4 Å². The number of rotatable bonds is 8. The Labute approximate surface area is 180 Å². The van der Waals surface area contributed by atoms with Crippen molar-refractivity contribution in [3.05, 3.63) is 28.7 Å². The van der Waals surface area contributed by atoms with Gasteiger partial charge in [0.05, 0.1) is 0 Å². The first-order chi connectivity index (χ1) is 13.5. The smallest absolute Gasteiger partial charge is 0.412 e. The molecule has 0 unspecified atom stereocenters. The highest BCUT2D eigenvalue weighted by Gasteiger charge is 2.24. The van der Waals surface area contributed by atoms with E-state index in [0.29, 0.717) is 12.1 Å². The second-order valence-corrected chi connectivity index (χ2v) is 8.79. The van der Waals surface area contributed by atoms with E-state index < -0.39 is 29.8 Å². The van der Waals surface area contributed by atoms with E-state index >= 15 is 0 Å². The maximum Gasteiger partial charge on any atom is 0.412 e. The van der Waals surface area contributed by atoms with Crippen LogP contribution in [0.15, 0.2) is 28.7 Å². The van der Waals surface area contributed by atoms with Gasteiger partial charge in [-0.2, -0.15) is 0 Å². The molecule has 0 saturated heterocycles. The molecule has 3 amide bonds. The van der Waals surface area contributed by atoms with Crippen molar-refractivity contribution >= 4 is 39.7 Å². The van der Waals surface area contributed by atoms with Gasteiger partial charge in [-0.1, -0.05) is 29.8 Å². The zero-order valence-electron chi connectivity index (χ0n) is 17.5. The molecule has 0 aliphatic heterocycles. The van der Waals surface area contributed by atoms with Crippen LogP contribution >= 0.6 is 15.9 Å². The first-order valence-electron chi connectivity index (χ1n) is 9.44. The predicted octanol–water partition coefficient (Wildman–Crippen LogP) is 4.05. The Kier molecular flexibility index (Phi) is 9.94. The summed E-state index contributed by atoms with van der Waals surface area (Å²) in [5.41, 5.74) is -0.0328. The first-order valence-corrected chi connectivity index (χ1v) is 10.2. The van der Waals surface area contributed by atoms with Crippen molar-refractivity contribution in [3.8, 4) is 0 Å². The third-order valence-corrected chi connectivity index (χ3v) is 3.94. The molecule has 29 heavy (non-hydrogen) atoms. The van der Waals surface area contributed by atoms with Gasteiger partial charge in [0.2, 0.25) is 0 Å². The third-order valence-electron chi connectivity index (χ3n) is 3.41. The summed E-state index contributed by atoms with van der Waals surface area (Å²) in [4.78, 5) is 36.2. The molecule has 0 aromatic heterocycles. The van der Waals surface area contributed by atoms with Crippen molar-refractivity contribution in [1.29, 1.82) is 0 Å². The summed E-state index contributed by atoms with van der Waals surface area (Å²) in [6, 6.07) is 6.99. The summed E-state index contributed by atoms with van der Waals surface area (Å²) in [5, 5.41) is 7.81. The Morgan fingerprint density at radius 3 is 2.14 bits per heavy atom. The number of benzene rings is 1. The van der Waals surface area contributed by atoms with Crippen LogP contribution < -0.4 is 16.0 Å². The zero-order valence-corrected chi connectivity index (χ0v) is 19.1. The van der Waals surface area contributed by atoms with Gasteiger partial charge < -0.3 is 20.1 Å². The van der Waals surface area contributed by atoms with Crippen LogP contribution in [0.5, 0.6) is 0 Å². The van der Waals surface area contributed by atoms with Crippen molar-refractivity contribution in [2.45, 2.75) is 52.7 Å². The lowest BCUT2D eigenvalue weighted by Gasteiger charge is -2.21. The second-order valence-electron chi connectivity index (χ2n) is 7.88. The molecule has 9 heteroatoms. The summed E-state index contributed by atoms with van der Waals surface area (Å²) in [6.07, 6.45) is -1.83. The lowest BCUT2D eigenvalue weighted by Crippen LogP contribution is -2.43. The van der Waals surface area contributed by atoms with Gasteiger partial charge in [-0.05, 0) is 57.4 Å². The monoisotopic (exact) mass is 471 g/mol. The van der Waals surface area contributed by atoms with E-state index in [4.69, 9.17) is 9.47 Å². The molecule has 0 saturated carbocycles. The number of hydrogen-bond acceptors (Lipinski definition) is 5. The molecule has 162 valence electrons. The third kappa shape index (κ3) is 11.3. The molecule has 0 aliphatic carbocycles. The molecule has 3 N–H and O–H groups in total. The van der Waals surface area contributed by atoms with Crippen molar-refractivity contribution in [1.82, 2.24) is 10.6 Å². The fraction of sp³-hybridized carbons (Fsp3) is 0.550. The number of ether oxygens (including phenoxy) is 2. The highest BCUT2D eigenvalue weighted by Crippen LogP contribution is 2.15. The van der Waals surface area contributed by atoms with Crippen LogP contribution in [0.1, 0.15) is 41.0 Å². The van der Waals surface area contributed by atoms with Crippen LogP contribution in [0.3, 0.4) is 0 Å². The van der Waals surface area contributed by atoms with E-state index in [1.807, 2.05) is 13.8 Å². The van der Waals surface area contributed by atoms with Crippen LogP contribution in [0, 0.1) is 5.92 Å². The summed E-state index contributed by atoms with van der Waals surface area (Å²) < 4.78 is 11.3. The molecular weight excluding hydrogens is 442 g/mol. The van der Waals surface area contributed by atoms with Crippen LogP contribution in [0.25, 0.3) is 0 Å². The van der Waals surface area contributed by atoms with Crippen molar-refractivity contribution < 1.29 is 23.9 Å².